The number of aliphatic carboxylic acids is 1. The van der Waals surface area contributed by atoms with E-state index in [1.807, 2.05) is 11.8 Å². The molecular weight excluding hydrogens is 366 g/mol. The van der Waals surface area contributed by atoms with Gasteiger partial charge in [0.1, 0.15) is 11.9 Å². The van der Waals surface area contributed by atoms with Crippen molar-refractivity contribution in [2.24, 2.45) is 0 Å². The standard InChI is InChI=1S/C19H29N3O6/c1-2-21(11-18(24)25)14-8-13(9-14)20-19(26)22-5-7-27-12-15(22)10-16(23)17-4-3-6-28-17/h3-4,6,13-16,23H,2,5,7-12H2,1H3,(H,20,26)(H,24,25). The molecule has 0 aromatic carbocycles. The average molecular weight is 395 g/mol. The lowest BCUT2D eigenvalue weighted by molar-refractivity contribution is -0.139. The molecule has 0 radical (unpaired) electrons. The fourth-order valence-corrected chi connectivity index (χ4v) is 3.91. The summed E-state index contributed by atoms with van der Waals surface area (Å²) in [4.78, 5) is 27.3. The van der Waals surface area contributed by atoms with Gasteiger partial charge >= 0.3 is 12.0 Å². The van der Waals surface area contributed by atoms with Crippen LogP contribution in [0.5, 0.6) is 0 Å². The predicted octanol–water partition coefficient (Wildman–Crippen LogP) is 1.05. The molecule has 1 aromatic heterocycles. The number of nitrogens with one attached hydrogen (secondary N) is 1. The van der Waals surface area contributed by atoms with E-state index in [9.17, 15) is 14.7 Å². The van der Waals surface area contributed by atoms with Gasteiger partial charge in [-0.3, -0.25) is 9.69 Å². The summed E-state index contributed by atoms with van der Waals surface area (Å²) in [5, 5.41) is 22.4. The third-order valence-electron chi connectivity index (χ3n) is 5.56. The minimum absolute atomic E-state index is 0.0258. The van der Waals surface area contributed by atoms with Gasteiger partial charge in [-0.1, -0.05) is 6.92 Å². The Labute approximate surface area is 164 Å². The molecule has 9 heteroatoms. The molecule has 1 aliphatic carbocycles. The minimum Gasteiger partial charge on any atom is -0.480 e. The van der Waals surface area contributed by atoms with Crippen LogP contribution in [-0.4, -0.2) is 83.0 Å². The fourth-order valence-electron chi connectivity index (χ4n) is 3.91. The second-order valence-corrected chi connectivity index (χ2v) is 7.42. The molecule has 2 atom stereocenters. The molecule has 3 N–H and O–H groups in total. The quantitative estimate of drug-likeness (QED) is 0.603. The van der Waals surface area contributed by atoms with Gasteiger partial charge in [0, 0.05) is 25.0 Å². The Hall–Kier alpha value is -2.10. The molecule has 28 heavy (non-hydrogen) atoms. The van der Waals surface area contributed by atoms with Crippen molar-refractivity contribution in [2.75, 3.05) is 32.8 Å². The highest BCUT2D eigenvalue weighted by Crippen LogP contribution is 2.27. The van der Waals surface area contributed by atoms with Crippen LogP contribution < -0.4 is 5.32 Å². The number of nitrogens with zero attached hydrogens (tertiary/aromatic N) is 2. The Morgan fingerprint density at radius 1 is 1.43 bits per heavy atom. The summed E-state index contributed by atoms with van der Waals surface area (Å²) in [7, 11) is 0. The Morgan fingerprint density at radius 2 is 2.21 bits per heavy atom. The highest BCUT2D eigenvalue weighted by molar-refractivity contribution is 5.75. The molecule has 9 nitrogen and oxygen atoms in total. The number of hydrogen-bond donors (Lipinski definition) is 3. The highest BCUT2D eigenvalue weighted by atomic mass is 16.5. The number of likely N-dealkylation sites (N-methyl/N-ethyl adjacent to an activating group) is 1. The number of urea groups is 1. The van der Waals surface area contributed by atoms with Crippen LogP contribution in [0.25, 0.3) is 0 Å². The molecule has 0 spiro atoms. The van der Waals surface area contributed by atoms with Gasteiger partial charge in [-0.05, 0) is 31.5 Å². The SMILES string of the molecule is CCN(CC(=O)O)C1CC(NC(=O)N2CCOCC2CC(O)c2ccco2)C1. The Morgan fingerprint density at radius 3 is 2.86 bits per heavy atom. The first kappa shape index (κ1) is 20.6. The van der Waals surface area contributed by atoms with E-state index in [1.54, 1.807) is 17.0 Å². The molecule has 1 saturated heterocycles. The summed E-state index contributed by atoms with van der Waals surface area (Å²) in [6.45, 7) is 3.96. The maximum atomic E-state index is 12.8. The molecule has 1 aromatic rings. The Bertz CT molecular complexity index is 646. The first-order valence-corrected chi connectivity index (χ1v) is 9.80. The summed E-state index contributed by atoms with van der Waals surface area (Å²) >= 11 is 0. The number of aliphatic hydroxyl groups is 1. The molecule has 1 aliphatic heterocycles. The average Bonchev–Trinajstić information content (AvgIpc) is 3.17. The summed E-state index contributed by atoms with van der Waals surface area (Å²) in [6, 6.07) is 3.27. The highest BCUT2D eigenvalue weighted by Gasteiger charge is 2.37. The topological polar surface area (TPSA) is 115 Å². The van der Waals surface area contributed by atoms with Crippen molar-refractivity contribution >= 4 is 12.0 Å². The minimum atomic E-state index is -0.833. The van der Waals surface area contributed by atoms with Crippen LogP contribution in [0.1, 0.15) is 38.1 Å². The summed E-state index contributed by atoms with van der Waals surface area (Å²) in [5.41, 5.74) is 0. The number of carboxylic acid groups (broad SMARTS) is 1. The van der Waals surface area contributed by atoms with Crippen LogP contribution in [0.3, 0.4) is 0 Å². The van der Waals surface area contributed by atoms with Crippen molar-refractivity contribution in [1.29, 1.82) is 0 Å². The van der Waals surface area contributed by atoms with Gasteiger partial charge in [-0.15, -0.1) is 0 Å². The second-order valence-electron chi connectivity index (χ2n) is 7.42. The Kier molecular flexibility index (Phi) is 6.93. The molecule has 1 saturated carbocycles. The Balaban J connectivity index is 1.49. The zero-order valence-electron chi connectivity index (χ0n) is 16.1. The molecule has 156 valence electrons. The van der Waals surface area contributed by atoms with E-state index >= 15 is 0 Å². The molecule has 2 unspecified atom stereocenters. The molecular formula is C19H29N3O6. The van der Waals surface area contributed by atoms with Crippen LogP contribution in [0.4, 0.5) is 4.79 Å². The number of furan rings is 1. The van der Waals surface area contributed by atoms with Gasteiger partial charge in [0.2, 0.25) is 0 Å². The van der Waals surface area contributed by atoms with Gasteiger partial charge < -0.3 is 29.6 Å². The molecule has 2 aliphatic rings. The smallest absolute Gasteiger partial charge is 0.318 e. The number of carbonyl (C=O) groups excluding carboxylic acids is 1. The maximum absolute atomic E-state index is 12.8. The van der Waals surface area contributed by atoms with Gasteiger partial charge in [-0.25, -0.2) is 4.79 Å². The first-order chi connectivity index (χ1) is 13.5. The lowest BCUT2D eigenvalue weighted by Crippen LogP contribution is -2.59. The lowest BCUT2D eigenvalue weighted by atomic mass is 9.85. The monoisotopic (exact) mass is 395 g/mol. The van der Waals surface area contributed by atoms with E-state index < -0.39 is 12.1 Å². The van der Waals surface area contributed by atoms with Crippen molar-refractivity contribution < 1.29 is 29.0 Å². The number of morpholine rings is 1. The number of rotatable bonds is 8. The van der Waals surface area contributed by atoms with Crippen LogP contribution in [0.2, 0.25) is 0 Å². The number of ether oxygens (including phenoxy) is 1. The summed E-state index contributed by atoms with van der Waals surface area (Å²) in [5.74, 6) is -0.355. The summed E-state index contributed by atoms with van der Waals surface area (Å²) in [6.07, 6.45) is 2.56. The van der Waals surface area contributed by atoms with E-state index in [-0.39, 0.29) is 30.7 Å². The van der Waals surface area contributed by atoms with Gasteiger partial charge in [0.25, 0.3) is 0 Å². The normalized spacial score (nSPS) is 26.0. The van der Waals surface area contributed by atoms with Crippen molar-refractivity contribution in [3.05, 3.63) is 24.2 Å². The zero-order chi connectivity index (χ0) is 20.1. The van der Waals surface area contributed by atoms with E-state index in [1.165, 1.54) is 6.26 Å². The molecule has 2 amide bonds. The van der Waals surface area contributed by atoms with Gasteiger partial charge in [0.05, 0.1) is 32.1 Å². The van der Waals surface area contributed by atoms with Gasteiger partial charge in [-0.2, -0.15) is 0 Å². The number of carbonyl (C=O) groups is 2. The predicted molar refractivity (Wildman–Crippen MR) is 99.8 cm³/mol. The van der Waals surface area contributed by atoms with E-state index in [0.717, 1.165) is 12.8 Å². The van der Waals surface area contributed by atoms with Crippen LogP contribution in [0.15, 0.2) is 22.8 Å². The number of aliphatic hydroxyl groups excluding tert-OH is 1. The molecule has 2 fully saturated rings. The van der Waals surface area contributed by atoms with E-state index in [0.29, 0.717) is 38.5 Å². The summed E-state index contributed by atoms with van der Waals surface area (Å²) < 4.78 is 10.7. The van der Waals surface area contributed by atoms with Crippen LogP contribution in [-0.2, 0) is 9.53 Å². The number of hydrogen-bond acceptors (Lipinski definition) is 6. The van der Waals surface area contributed by atoms with Crippen molar-refractivity contribution in [2.45, 2.75) is 50.4 Å². The van der Waals surface area contributed by atoms with Crippen molar-refractivity contribution in [3.8, 4) is 0 Å². The second kappa shape index (κ2) is 9.40. The molecule has 2 heterocycles. The van der Waals surface area contributed by atoms with Gasteiger partial charge in [0.15, 0.2) is 0 Å². The van der Waals surface area contributed by atoms with Crippen LogP contribution >= 0.6 is 0 Å². The third kappa shape index (κ3) is 5.03. The third-order valence-corrected chi connectivity index (χ3v) is 5.56. The van der Waals surface area contributed by atoms with Crippen molar-refractivity contribution in [3.63, 3.8) is 0 Å². The molecule has 3 rings (SSSR count). The number of carboxylic acids is 1. The lowest BCUT2D eigenvalue weighted by Gasteiger charge is -2.44. The number of amides is 2. The van der Waals surface area contributed by atoms with E-state index in [4.69, 9.17) is 14.3 Å². The van der Waals surface area contributed by atoms with Crippen molar-refractivity contribution in [1.82, 2.24) is 15.1 Å². The molecule has 0 bridgehead atoms. The maximum Gasteiger partial charge on any atom is 0.318 e. The first-order valence-electron chi connectivity index (χ1n) is 9.80. The van der Waals surface area contributed by atoms with Crippen LogP contribution in [0, 0.1) is 0 Å². The zero-order valence-corrected chi connectivity index (χ0v) is 16.1. The van der Waals surface area contributed by atoms with E-state index in [2.05, 4.69) is 5.32 Å². The fraction of sp³-hybridized carbons (Fsp3) is 0.684. The largest absolute Gasteiger partial charge is 0.480 e.